The van der Waals surface area contributed by atoms with E-state index < -0.39 is 0 Å². The maximum absolute atomic E-state index is 8.06. The van der Waals surface area contributed by atoms with E-state index in [1.54, 1.807) is 13.8 Å². The number of aliphatic hydroxyl groups is 1. The smallest absolute Gasteiger partial charge is 0.0483 e. The molecule has 1 aromatic rings. The first kappa shape index (κ1) is 17.2. The zero-order valence-corrected chi connectivity index (χ0v) is 13.4. The van der Waals surface area contributed by atoms with Gasteiger partial charge in [-0.3, -0.25) is 0 Å². The summed E-state index contributed by atoms with van der Waals surface area (Å²) in [5.41, 5.74) is 1.50. The van der Waals surface area contributed by atoms with Crippen LogP contribution in [0.2, 0.25) is 0 Å². The van der Waals surface area contributed by atoms with Gasteiger partial charge in [-0.05, 0) is 38.2 Å². The minimum Gasteiger partial charge on any atom is -0.394 e. The van der Waals surface area contributed by atoms with Crippen LogP contribution in [0.25, 0.3) is 0 Å². The molecule has 1 fully saturated rings. The first-order valence-corrected chi connectivity index (χ1v) is 8.40. The molecule has 0 atom stereocenters. The van der Waals surface area contributed by atoms with E-state index in [2.05, 4.69) is 30.3 Å². The summed E-state index contributed by atoms with van der Waals surface area (Å²) in [7, 11) is 0. The summed E-state index contributed by atoms with van der Waals surface area (Å²) in [4.78, 5) is 0. The fourth-order valence-electron chi connectivity index (χ4n) is 2.88. The highest BCUT2D eigenvalue weighted by molar-refractivity contribution is 5.14. The van der Waals surface area contributed by atoms with Crippen LogP contribution in [0.15, 0.2) is 30.3 Å². The van der Waals surface area contributed by atoms with Crippen molar-refractivity contribution in [1.82, 2.24) is 0 Å². The van der Waals surface area contributed by atoms with Crippen molar-refractivity contribution < 1.29 is 5.11 Å². The van der Waals surface area contributed by atoms with Gasteiger partial charge in [0.05, 0.1) is 0 Å². The SMILES string of the molecule is CC(C)O.c1ccc(CCCCCC2CCCC2)cc1. The van der Waals surface area contributed by atoms with E-state index in [0.717, 1.165) is 5.92 Å². The standard InChI is InChI=1S/C16H24.C3H8O/c1-3-9-15(10-4-1)11-5-2-6-12-16-13-7-8-14-16;1-3(2)4/h1,3-4,9-10,16H,2,5-8,11-14H2;3-4H,1-2H3. The largest absolute Gasteiger partial charge is 0.394 e. The van der Waals surface area contributed by atoms with Gasteiger partial charge in [0.1, 0.15) is 0 Å². The van der Waals surface area contributed by atoms with Gasteiger partial charge >= 0.3 is 0 Å². The number of hydrogen-bond acceptors (Lipinski definition) is 1. The third-order valence-electron chi connectivity index (χ3n) is 3.90. The Bertz CT molecular complexity index is 309. The Balaban J connectivity index is 0.000000444. The molecule has 1 aliphatic carbocycles. The van der Waals surface area contributed by atoms with Crippen LogP contribution in [-0.4, -0.2) is 11.2 Å². The Labute approximate surface area is 125 Å². The molecule has 1 N–H and O–H groups in total. The highest BCUT2D eigenvalue weighted by Gasteiger charge is 2.13. The van der Waals surface area contributed by atoms with Crippen molar-refractivity contribution in [3.05, 3.63) is 35.9 Å². The molecule has 0 aliphatic heterocycles. The van der Waals surface area contributed by atoms with Gasteiger partial charge < -0.3 is 5.11 Å². The van der Waals surface area contributed by atoms with E-state index in [4.69, 9.17) is 5.11 Å². The lowest BCUT2D eigenvalue weighted by Gasteiger charge is -2.07. The van der Waals surface area contributed by atoms with Crippen molar-refractivity contribution in [2.24, 2.45) is 5.92 Å². The van der Waals surface area contributed by atoms with Crippen LogP contribution in [0.3, 0.4) is 0 Å². The summed E-state index contributed by atoms with van der Waals surface area (Å²) in [6.45, 7) is 3.44. The molecule has 0 saturated heterocycles. The molecule has 1 saturated carbocycles. The maximum Gasteiger partial charge on any atom is 0.0483 e. The monoisotopic (exact) mass is 276 g/mol. The zero-order valence-electron chi connectivity index (χ0n) is 13.4. The normalized spacial score (nSPS) is 15.2. The number of hydrogen-bond donors (Lipinski definition) is 1. The van der Waals surface area contributed by atoms with Gasteiger partial charge in [0.2, 0.25) is 0 Å². The maximum atomic E-state index is 8.06. The van der Waals surface area contributed by atoms with Gasteiger partial charge in [0, 0.05) is 6.10 Å². The van der Waals surface area contributed by atoms with Crippen molar-refractivity contribution >= 4 is 0 Å². The molecule has 1 heteroatoms. The predicted octanol–water partition coefficient (Wildman–Crippen LogP) is 5.37. The summed E-state index contributed by atoms with van der Waals surface area (Å²) < 4.78 is 0. The van der Waals surface area contributed by atoms with E-state index in [1.807, 2.05) is 0 Å². The molecule has 1 nitrogen and oxygen atoms in total. The van der Waals surface area contributed by atoms with Crippen molar-refractivity contribution in [2.75, 3.05) is 0 Å². The van der Waals surface area contributed by atoms with E-state index >= 15 is 0 Å². The fourth-order valence-corrected chi connectivity index (χ4v) is 2.88. The number of rotatable bonds is 6. The molecular formula is C19H32O. The van der Waals surface area contributed by atoms with Crippen molar-refractivity contribution in [3.8, 4) is 0 Å². The average molecular weight is 276 g/mol. The second-order valence-electron chi connectivity index (χ2n) is 6.33. The molecule has 114 valence electrons. The van der Waals surface area contributed by atoms with Crippen molar-refractivity contribution in [2.45, 2.75) is 77.7 Å². The van der Waals surface area contributed by atoms with Gasteiger partial charge in [0.25, 0.3) is 0 Å². The number of aryl methyl sites for hydroxylation is 1. The van der Waals surface area contributed by atoms with Gasteiger partial charge in [0.15, 0.2) is 0 Å². The molecule has 0 amide bonds. The zero-order chi connectivity index (χ0) is 14.6. The minimum atomic E-state index is -0.167. The molecule has 1 aromatic carbocycles. The quantitative estimate of drug-likeness (QED) is 0.693. The summed E-state index contributed by atoms with van der Waals surface area (Å²) in [5.74, 6) is 1.08. The van der Waals surface area contributed by atoms with Crippen LogP contribution >= 0.6 is 0 Å². The average Bonchev–Trinajstić information content (AvgIpc) is 2.92. The third-order valence-corrected chi connectivity index (χ3v) is 3.90. The lowest BCUT2D eigenvalue weighted by molar-refractivity contribution is 0.216. The van der Waals surface area contributed by atoms with Gasteiger partial charge in [-0.2, -0.15) is 0 Å². The van der Waals surface area contributed by atoms with Crippen molar-refractivity contribution in [3.63, 3.8) is 0 Å². The number of unbranched alkanes of at least 4 members (excludes halogenated alkanes) is 2. The lowest BCUT2D eigenvalue weighted by Crippen LogP contribution is -1.93. The Kier molecular flexibility index (Phi) is 9.40. The second-order valence-corrected chi connectivity index (χ2v) is 6.33. The van der Waals surface area contributed by atoms with Gasteiger partial charge in [-0.25, -0.2) is 0 Å². The minimum absolute atomic E-state index is 0.167. The van der Waals surface area contributed by atoms with E-state index in [1.165, 1.54) is 63.4 Å². The van der Waals surface area contributed by atoms with E-state index in [-0.39, 0.29) is 6.10 Å². The highest BCUT2D eigenvalue weighted by atomic mass is 16.3. The fraction of sp³-hybridized carbons (Fsp3) is 0.684. The van der Waals surface area contributed by atoms with Crippen LogP contribution in [-0.2, 0) is 6.42 Å². The molecule has 20 heavy (non-hydrogen) atoms. The van der Waals surface area contributed by atoms with Gasteiger partial charge in [-0.15, -0.1) is 0 Å². The van der Waals surface area contributed by atoms with Crippen LogP contribution < -0.4 is 0 Å². The Morgan fingerprint density at radius 1 is 1.00 bits per heavy atom. The van der Waals surface area contributed by atoms with Crippen LogP contribution in [0, 0.1) is 5.92 Å². The van der Waals surface area contributed by atoms with E-state index in [0.29, 0.717) is 0 Å². The third kappa shape index (κ3) is 9.14. The highest BCUT2D eigenvalue weighted by Crippen LogP contribution is 2.29. The summed E-state index contributed by atoms with van der Waals surface area (Å²) in [6, 6.07) is 10.9. The first-order valence-electron chi connectivity index (χ1n) is 8.40. The molecular weight excluding hydrogens is 244 g/mol. The molecule has 0 bridgehead atoms. The lowest BCUT2D eigenvalue weighted by atomic mass is 9.98. The predicted molar refractivity (Wildman–Crippen MR) is 87.9 cm³/mol. The van der Waals surface area contributed by atoms with E-state index in [9.17, 15) is 0 Å². The first-order chi connectivity index (χ1) is 9.68. The Morgan fingerprint density at radius 3 is 2.20 bits per heavy atom. The summed E-state index contributed by atoms with van der Waals surface area (Å²) in [6.07, 6.45) is 12.9. The molecule has 2 rings (SSSR count). The molecule has 0 unspecified atom stereocenters. The molecule has 1 aliphatic rings. The topological polar surface area (TPSA) is 20.2 Å². The Morgan fingerprint density at radius 2 is 1.60 bits per heavy atom. The molecule has 0 heterocycles. The molecule has 0 aromatic heterocycles. The number of aliphatic hydroxyl groups excluding tert-OH is 1. The second kappa shape index (κ2) is 10.9. The molecule has 0 radical (unpaired) electrons. The van der Waals surface area contributed by atoms with Crippen LogP contribution in [0.4, 0.5) is 0 Å². The molecule has 0 spiro atoms. The van der Waals surface area contributed by atoms with Crippen molar-refractivity contribution in [1.29, 1.82) is 0 Å². The number of benzene rings is 1. The summed E-state index contributed by atoms with van der Waals surface area (Å²) in [5, 5.41) is 8.06. The summed E-state index contributed by atoms with van der Waals surface area (Å²) >= 11 is 0. The Hall–Kier alpha value is -0.820. The van der Waals surface area contributed by atoms with Gasteiger partial charge in [-0.1, -0.05) is 75.3 Å². The van der Waals surface area contributed by atoms with Crippen LogP contribution in [0.5, 0.6) is 0 Å². The van der Waals surface area contributed by atoms with Crippen LogP contribution in [0.1, 0.15) is 70.8 Å².